The molecule has 5 rings (SSSR count). The molecule has 0 fully saturated rings. The molecule has 0 aliphatic heterocycles. The van der Waals surface area contributed by atoms with Gasteiger partial charge in [-0.05, 0) is 49.2 Å². The molecule has 45 heavy (non-hydrogen) atoms. The summed E-state index contributed by atoms with van der Waals surface area (Å²) in [5, 5.41) is 15.4. The van der Waals surface area contributed by atoms with E-state index in [4.69, 9.17) is 4.42 Å². The molecule has 1 atom stereocenters. The van der Waals surface area contributed by atoms with Crippen LogP contribution >= 0.6 is 11.3 Å². The lowest BCUT2D eigenvalue weighted by atomic mass is 9.97. The van der Waals surface area contributed by atoms with Crippen molar-refractivity contribution < 1.29 is 27.5 Å². The highest BCUT2D eigenvalue weighted by Gasteiger charge is 2.27. The fourth-order valence-corrected chi connectivity index (χ4v) is 7.06. The lowest BCUT2D eigenvalue weighted by molar-refractivity contribution is -0.119. The SMILES string of the molecule is C=C/C(=C\C=C/C)CC(CNC(=O)O)C(=O)Nc1cc(-c2cn(S(=O)(=O)c3ccccc3)c3ncccc23)c(-c2ncco2)s1. The van der Waals surface area contributed by atoms with Gasteiger partial charge in [0.05, 0.1) is 26.9 Å². The lowest BCUT2D eigenvalue weighted by Crippen LogP contribution is -2.35. The highest BCUT2D eigenvalue weighted by Crippen LogP contribution is 2.44. The maximum atomic E-state index is 13.7. The molecule has 2 amide bonds. The summed E-state index contributed by atoms with van der Waals surface area (Å²) in [6.45, 7) is 5.55. The number of thiophene rings is 1. The Labute approximate surface area is 263 Å². The number of nitrogens with zero attached hydrogens (tertiary/aromatic N) is 3. The molecule has 0 bridgehead atoms. The zero-order valence-electron chi connectivity index (χ0n) is 24.1. The Morgan fingerprint density at radius 3 is 2.62 bits per heavy atom. The standard InChI is InChI=1S/C32H29N5O6S2/c1-3-5-10-21(4-2)17-22(19-35-32(39)40)30(38)36-27-18-25(28(44-27)31-34-15-16-43-31)26-20-37(29-24(26)13-9-14-33-29)45(41,42)23-11-7-6-8-12-23/h3-16,18,20,22,35H,2,17,19H2,1H3,(H,36,38)(H,39,40)/b5-3-,21-10+. The predicted molar refractivity (Wildman–Crippen MR) is 173 cm³/mol. The van der Waals surface area contributed by atoms with E-state index in [1.165, 1.54) is 48.3 Å². The van der Waals surface area contributed by atoms with Gasteiger partial charge in [-0.25, -0.2) is 27.2 Å². The number of oxazole rings is 1. The quantitative estimate of drug-likeness (QED) is 0.129. The zero-order valence-corrected chi connectivity index (χ0v) is 25.7. The zero-order chi connectivity index (χ0) is 32.0. The number of allylic oxidation sites excluding steroid dienone is 5. The van der Waals surface area contributed by atoms with Crippen molar-refractivity contribution in [1.29, 1.82) is 0 Å². The van der Waals surface area contributed by atoms with Crippen LogP contribution in [0.15, 0.2) is 119 Å². The Balaban J connectivity index is 1.57. The van der Waals surface area contributed by atoms with E-state index in [1.54, 1.807) is 42.5 Å². The van der Waals surface area contributed by atoms with Crippen molar-refractivity contribution in [3.05, 3.63) is 110 Å². The van der Waals surface area contributed by atoms with Crippen molar-refractivity contribution in [2.75, 3.05) is 11.9 Å². The minimum atomic E-state index is -4.00. The fourth-order valence-electron chi connectivity index (χ4n) is 4.70. The Hall–Kier alpha value is -5.27. The number of nitrogens with one attached hydrogen (secondary N) is 2. The van der Waals surface area contributed by atoms with E-state index in [0.29, 0.717) is 26.4 Å². The first kappa shape index (κ1) is 31.2. The van der Waals surface area contributed by atoms with Gasteiger partial charge in [0, 0.05) is 35.5 Å². The molecule has 5 aromatic rings. The van der Waals surface area contributed by atoms with E-state index < -0.39 is 27.9 Å². The number of rotatable bonds is 12. The number of aromatic nitrogens is 3. The number of pyridine rings is 1. The first-order chi connectivity index (χ1) is 21.7. The second kappa shape index (κ2) is 13.6. The second-order valence-electron chi connectivity index (χ2n) is 9.77. The Morgan fingerprint density at radius 2 is 1.93 bits per heavy atom. The topological polar surface area (TPSA) is 156 Å². The molecule has 0 saturated carbocycles. The predicted octanol–water partition coefficient (Wildman–Crippen LogP) is 6.56. The third kappa shape index (κ3) is 6.79. The fraction of sp³-hybridized carbons (Fsp3) is 0.125. The van der Waals surface area contributed by atoms with Crippen LogP contribution in [0.3, 0.4) is 0 Å². The number of carboxylic acid groups (broad SMARTS) is 1. The summed E-state index contributed by atoms with van der Waals surface area (Å²) in [4.78, 5) is 34.2. The lowest BCUT2D eigenvalue weighted by Gasteiger charge is -2.16. The van der Waals surface area contributed by atoms with Gasteiger partial charge in [-0.1, -0.05) is 49.1 Å². The summed E-state index contributed by atoms with van der Waals surface area (Å²) in [7, 11) is -4.00. The van der Waals surface area contributed by atoms with Crippen molar-refractivity contribution in [3.63, 3.8) is 0 Å². The van der Waals surface area contributed by atoms with Crippen LogP contribution < -0.4 is 10.6 Å². The van der Waals surface area contributed by atoms with E-state index >= 15 is 0 Å². The normalized spacial score (nSPS) is 12.8. The monoisotopic (exact) mass is 643 g/mol. The number of carbonyl (C=O) groups is 2. The second-order valence-corrected chi connectivity index (χ2v) is 12.6. The molecular formula is C32H29N5O6S2. The molecule has 230 valence electrons. The first-order valence-corrected chi connectivity index (χ1v) is 16.0. The Kier molecular flexibility index (Phi) is 9.40. The maximum Gasteiger partial charge on any atom is 0.404 e. The molecule has 1 unspecified atom stereocenters. The van der Waals surface area contributed by atoms with E-state index in [1.807, 2.05) is 25.2 Å². The van der Waals surface area contributed by atoms with Crippen LogP contribution in [0.4, 0.5) is 9.80 Å². The van der Waals surface area contributed by atoms with Crippen LogP contribution in [0, 0.1) is 5.92 Å². The summed E-state index contributed by atoms with van der Waals surface area (Å²) < 4.78 is 34.1. The number of carbonyl (C=O) groups excluding carboxylic acids is 1. The third-order valence-electron chi connectivity index (χ3n) is 6.84. The summed E-state index contributed by atoms with van der Waals surface area (Å²) in [5.74, 6) is -0.897. The van der Waals surface area contributed by atoms with E-state index in [0.717, 1.165) is 9.55 Å². The minimum absolute atomic E-state index is 0.105. The molecule has 0 saturated heterocycles. The number of hydrogen-bond acceptors (Lipinski definition) is 8. The summed E-state index contributed by atoms with van der Waals surface area (Å²) in [5.41, 5.74) is 2.09. The van der Waals surface area contributed by atoms with Gasteiger partial charge >= 0.3 is 6.09 Å². The van der Waals surface area contributed by atoms with Gasteiger partial charge in [0.2, 0.25) is 11.8 Å². The van der Waals surface area contributed by atoms with Crippen LogP contribution in [0.25, 0.3) is 32.9 Å². The number of fused-ring (bicyclic) bond motifs is 1. The molecule has 4 aromatic heterocycles. The van der Waals surface area contributed by atoms with Gasteiger partial charge in [-0.2, -0.15) is 0 Å². The minimum Gasteiger partial charge on any atom is -0.465 e. The van der Waals surface area contributed by atoms with Crippen LogP contribution in [0.5, 0.6) is 0 Å². The van der Waals surface area contributed by atoms with Crippen molar-refractivity contribution in [3.8, 4) is 21.9 Å². The van der Waals surface area contributed by atoms with Crippen molar-refractivity contribution >= 4 is 49.4 Å². The van der Waals surface area contributed by atoms with Crippen molar-refractivity contribution in [2.45, 2.75) is 18.2 Å². The number of anilines is 1. The van der Waals surface area contributed by atoms with E-state index in [9.17, 15) is 23.1 Å². The largest absolute Gasteiger partial charge is 0.465 e. The van der Waals surface area contributed by atoms with Crippen molar-refractivity contribution in [2.24, 2.45) is 5.92 Å². The molecule has 0 aliphatic carbocycles. The van der Waals surface area contributed by atoms with Gasteiger partial charge in [0.1, 0.15) is 6.26 Å². The number of hydrogen-bond donors (Lipinski definition) is 3. The Bertz CT molecular complexity index is 2010. The van der Waals surface area contributed by atoms with Crippen LogP contribution in [0.2, 0.25) is 0 Å². The molecule has 13 heteroatoms. The molecule has 0 aliphatic rings. The van der Waals surface area contributed by atoms with Gasteiger partial charge < -0.3 is 20.2 Å². The van der Waals surface area contributed by atoms with E-state index in [-0.39, 0.29) is 29.4 Å². The Morgan fingerprint density at radius 1 is 1.13 bits per heavy atom. The van der Waals surface area contributed by atoms with Gasteiger partial charge in [-0.15, -0.1) is 11.3 Å². The summed E-state index contributed by atoms with van der Waals surface area (Å²) in [6, 6.07) is 13.3. The third-order valence-corrected chi connectivity index (χ3v) is 9.55. The average Bonchev–Trinajstić information content (AvgIpc) is 3.80. The highest BCUT2D eigenvalue weighted by molar-refractivity contribution is 7.90. The molecular weight excluding hydrogens is 615 g/mol. The van der Waals surface area contributed by atoms with Gasteiger partial charge in [0.25, 0.3) is 10.0 Å². The molecule has 1 aromatic carbocycles. The first-order valence-electron chi connectivity index (χ1n) is 13.8. The number of amides is 2. The maximum absolute atomic E-state index is 13.7. The molecule has 11 nitrogen and oxygen atoms in total. The molecule has 3 N–H and O–H groups in total. The highest BCUT2D eigenvalue weighted by atomic mass is 32.2. The number of benzene rings is 1. The van der Waals surface area contributed by atoms with Crippen LogP contribution in [0.1, 0.15) is 13.3 Å². The summed E-state index contributed by atoms with van der Waals surface area (Å²) >= 11 is 1.19. The van der Waals surface area contributed by atoms with E-state index in [2.05, 4.69) is 27.2 Å². The molecule has 4 heterocycles. The molecule has 0 radical (unpaired) electrons. The van der Waals surface area contributed by atoms with Crippen LogP contribution in [-0.4, -0.2) is 46.0 Å². The van der Waals surface area contributed by atoms with Gasteiger partial charge in [-0.3, -0.25) is 4.79 Å². The van der Waals surface area contributed by atoms with Gasteiger partial charge in [0.15, 0.2) is 5.65 Å². The average molecular weight is 644 g/mol. The summed E-state index contributed by atoms with van der Waals surface area (Å²) in [6.07, 6.45) is 12.0. The molecule has 0 spiro atoms. The smallest absolute Gasteiger partial charge is 0.404 e. The van der Waals surface area contributed by atoms with Crippen molar-refractivity contribution in [1.82, 2.24) is 19.3 Å². The van der Waals surface area contributed by atoms with Crippen LogP contribution in [-0.2, 0) is 14.8 Å².